The number of benzene rings is 1. The molecule has 0 amide bonds. The van der Waals surface area contributed by atoms with Crippen molar-refractivity contribution in [2.75, 3.05) is 6.54 Å². The molecule has 1 aromatic carbocycles. The van der Waals surface area contributed by atoms with Crippen molar-refractivity contribution in [1.29, 1.82) is 0 Å². The van der Waals surface area contributed by atoms with Crippen LogP contribution >= 0.6 is 11.3 Å². The molecule has 0 atom stereocenters. The third-order valence-electron chi connectivity index (χ3n) is 5.28. The first-order valence-corrected chi connectivity index (χ1v) is 10.5. The fraction of sp³-hybridized carbons (Fsp3) is 0.217. The summed E-state index contributed by atoms with van der Waals surface area (Å²) in [6.07, 6.45) is 2.35. The van der Waals surface area contributed by atoms with Gasteiger partial charge < -0.3 is 9.40 Å². The molecular weight excluding hydrogens is 382 g/mol. The number of hydrogen-bond donors (Lipinski definition) is 1. The Balaban J connectivity index is 1.33. The molecular formula is C23H21N3O2S. The van der Waals surface area contributed by atoms with Crippen LogP contribution in [0.4, 0.5) is 0 Å². The highest BCUT2D eigenvalue weighted by molar-refractivity contribution is 7.15. The monoisotopic (exact) mass is 403 g/mol. The maximum absolute atomic E-state index is 12.6. The largest absolute Gasteiger partial charge is 0.461 e. The standard InChI is InChI=1S/C23H21N3O2S/c1-15-4-6-16(7-5-15)21-9-8-17(29-21)13-26-11-10-19-18(14-26)23(27)25-22(24-19)20-3-2-12-28-20/h2-9,12H,10-11,13-14H2,1H3,(H,24,25,27). The van der Waals surface area contributed by atoms with Gasteiger partial charge in [0.25, 0.3) is 5.56 Å². The zero-order valence-corrected chi connectivity index (χ0v) is 17.0. The average molecular weight is 404 g/mol. The molecule has 1 aliphatic rings. The second-order valence-corrected chi connectivity index (χ2v) is 8.58. The van der Waals surface area contributed by atoms with Crippen LogP contribution in [0.15, 0.2) is 64.0 Å². The molecule has 0 bridgehead atoms. The third kappa shape index (κ3) is 3.69. The number of aromatic nitrogens is 2. The van der Waals surface area contributed by atoms with Gasteiger partial charge >= 0.3 is 0 Å². The summed E-state index contributed by atoms with van der Waals surface area (Å²) >= 11 is 1.82. The Morgan fingerprint density at radius 3 is 2.83 bits per heavy atom. The van der Waals surface area contributed by atoms with Crippen molar-refractivity contribution >= 4 is 11.3 Å². The fourth-order valence-electron chi connectivity index (χ4n) is 3.70. The van der Waals surface area contributed by atoms with E-state index in [1.165, 1.54) is 20.9 Å². The normalized spacial score (nSPS) is 14.1. The maximum Gasteiger partial charge on any atom is 0.256 e. The van der Waals surface area contributed by atoms with E-state index in [9.17, 15) is 4.79 Å². The van der Waals surface area contributed by atoms with Crippen LogP contribution in [0.5, 0.6) is 0 Å². The molecule has 0 fully saturated rings. The van der Waals surface area contributed by atoms with E-state index in [2.05, 4.69) is 58.2 Å². The van der Waals surface area contributed by atoms with E-state index in [4.69, 9.17) is 4.42 Å². The summed E-state index contributed by atoms with van der Waals surface area (Å²) in [5.41, 5.74) is 4.09. The molecule has 146 valence electrons. The van der Waals surface area contributed by atoms with E-state index in [-0.39, 0.29) is 5.56 Å². The second kappa shape index (κ2) is 7.46. The summed E-state index contributed by atoms with van der Waals surface area (Å²) in [5.74, 6) is 1.10. The van der Waals surface area contributed by atoms with Gasteiger partial charge in [0.1, 0.15) is 0 Å². The third-order valence-corrected chi connectivity index (χ3v) is 6.40. The molecule has 1 aliphatic heterocycles. The average Bonchev–Trinajstić information content (AvgIpc) is 3.41. The van der Waals surface area contributed by atoms with Gasteiger partial charge in [0.05, 0.1) is 17.5 Å². The molecule has 5 nitrogen and oxygen atoms in total. The lowest BCUT2D eigenvalue weighted by atomic mass is 10.1. The Morgan fingerprint density at radius 1 is 1.17 bits per heavy atom. The van der Waals surface area contributed by atoms with Crippen LogP contribution in [-0.4, -0.2) is 21.4 Å². The second-order valence-electron chi connectivity index (χ2n) is 7.41. The first-order valence-electron chi connectivity index (χ1n) is 9.70. The SMILES string of the molecule is Cc1ccc(-c2ccc(CN3CCc4nc(-c5ccco5)[nH]c(=O)c4C3)s2)cc1. The molecule has 5 rings (SSSR count). The summed E-state index contributed by atoms with van der Waals surface area (Å²) < 4.78 is 5.37. The summed E-state index contributed by atoms with van der Waals surface area (Å²) in [5, 5.41) is 0. The minimum Gasteiger partial charge on any atom is -0.461 e. The molecule has 29 heavy (non-hydrogen) atoms. The van der Waals surface area contributed by atoms with Gasteiger partial charge in [-0.15, -0.1) is 11.3 Å². The summed E-state index contributed by atoms with van der Waals surface area (Å²) in [6.45, 7) is 4.45. The summed E-state index contributed by atoms with van der Waals surface area (Å²) in [6, 6.07) is 16.6. The molecule has 6 heteroatoms. The predicted molar refractivity (Wildman–Crippen MR) is 115 cm³/mol. The van der Waals surface area contributed by atoms with Gasteiger partial charge in [-0.2, -0.15) is 0 Å². The van der Waals surface area contributed by atoms with Gasteiger partial charge in [-0.1, -0.05) is 29.8 Å². The van der Waals surface area contributed by atoms with Crippen molar-refractivity contribution < 1.29 is 4.42 Å². The molecule has 1 N–H and O–H groups in total. The van der Waals surface area contributed by atoms with Crippen LogP contribution in [0.3, 0.4) is 0 Å². The smallest absolute Gasteiger partial charge is 0.256 e. The summed E-state index contributed by atoms with van der Waals surface area (Å²) in [7, 11) is 0. The molecule has 0 spiro atoms. The number of hydrogen-bond acceptors (Lipinski definition) is 5. The number of fused-ring (bicyclic) bond motifs is 1. The van der Waals surface area contributed by atoms with E-state index < -0.39 is 0 Å². The Kier molecular flexibility index (Phi) is 4.66. The van der Waals surface area contributed by atoms with Crippen molar-refractivity contribution in [3.63, 3.8) is 0 Å². The molecule has 0 saturated heterocycles. The highest BCUT2D eigenvalue weighted by Gasteiger charge is 2.22. The van der Waals surface area contributed by atoms with Gasteiger partial charge in [0.2, 0.25) is 0 Å². The molecule has 0 radical (unpaired) electrons. The highest BCUT2D eigenvalue weighted by Crippen LogP contribution is 2.30. The van der Waals surface area contributed by atoms with E-state index in [1.807, 2.05) is 17.4 Å². The van der Waals surface area contributed by atoms with Gasteiger partial charge in [-0.05, 0) is 36.8 Å². The maximum atomic E-state index is 12.6. The number of rotatable bonds is 4. The number of nitrogens with one attached hydrogen (secondary N) is 1. The molecule has 0 aliphatic carbocycles. The number of H-pyrrole nitrogens is 1. The number of furan rings is 1. The van der Waals surface area contributed by atoms with Crippen molar-refractivity contribution in [3.05, 3.63) is 86.8 Å². The number of aryl methyl sites for hydroxylation is 1. The molecule has 4 heterocycles. The van der Waals surface area contributed by atoms with Crippen LogP contribution in [0.1, 0.15) is 21.7 Å². The zero-order valence-electron chi connectivity index (χ0n) is 16.1. The first-order chi connectivity index (χ1) is 14.2. The van der Waals surface area contributed by atoms with Crippen molar-refractivity contribution in [2.45, 2.75) is 26.4 Å². The quantitative estimate of drug-likeness (QED) is 0.540. The van der Waals surface area contributed by atoms with Crippen molar-refractivity contribution in [3.8, 4) is 22.0 Å². The number of nitrogens with zero attached hydrogens (tertiary/aromatic N) is 2. The molecule has 0 saturated carbocycles. The fourth-order valence-corrected chi connectivity index (χ4v) is 4.76. The Bertz CT molecular complexity index is 1190. The van der Waals surface area contributed by atoms with Gasteiger partial charge in [0, 0.05) is 35.8 Å². The predicted octanol–water partition coefficient (Wildman–Crippen LogP) is 4.63. The zero-order chi connectivity index (χ0) is 19.8. The lowest BCUT2D eigenvalue weighted by Gasteiger charge is -2.27. The Morgan fingerprint density at radius 2 is 2.03 bits per heavy atom. The topological polar surface area (TPSA) is 62.1 Å². The van der Waals surface area contributed by atoms with E-state index in [0.717, 1.165) is 30.8 Å². The minimum atomic E-state index is -0.0716. The highest BCUT2D eigenvalue weighted by atomic mass is 32.1. The van der Waals surface area contributed by atoms with Crippen LogP contribution in [0.25, 0.3) is 22.0 Å². The minimum absolute atomic E-state index is 0.0716. The van der Waals surface area contributed by atoms with Gasteiger partial charge in [-0.3, -0.25) is 9.69 Å². The number of aromatic amines is 1. The molecule has 3 aromatic heterocycles. The van der Waals surface area contributed by atoms with E-state index >= 15 is 0 Å². The molecule has 4 aromatic rings. The van der Waals surface area contributed by atoms with Crippen LogP contribution in [-0.2, 0) is 19.5 Å². The molecule has 0 unspecified atom stereocenters. The van der Waals surface area contributed by atoms with Gasteiger partial charge in [-0.25, -0.2) is 4.98 Å². The van der Waals surface area contributed by atoms with Crippen LogP contribution in [0.2, 0.25) is 0 Å². The van der Waals surface area contributed by atoms with Crippen LogP contribution in [0, 0.1) is 6.92 Å². The number of thiophene rings is 1. The summed E-state index contributed by atoms with van der Waals surface area (Å²) in [4.78, 5) is 25.0. The lowest BCUT2D eigenvalue weighted by Crippen LogP contribution is -2.35. The van der Waals surface area contributed by atoms with E-state index in [1.54, 1.807) is 12.3 Å². The van der Waals surface area contributed by atoms with Gasteiger partial charge in [0.15, 0.2) is 11.6 Å². The first kappa shape index (κ1) is 18.1. The van der Waals surface area contributed by atoms with Crippen LogP contribution < -0.4 is 5.56 Å². The lowest BCUT2D eigenvalue weighted by molar-refractivity contribution is 0.244. The van der Waals surface area contributed by atoms with Crippen molar-refractivity contribution in [1.82, 2.24) is 14.9 Å². The van der Waals surface area contributed by atoms with Crippen molar-refractivity contribution in [2.24, 2.45) is 0 Å². The van der Waals surface area contributed by atoms with E-state index in [0.29, 0.717) is 18.1 Å². The Labute approximate surface area is 172 Å². The Hall–Kier alpha value is -2.96.